The zero-order chi connectivity index (χ0) is 13.9. The highest BCUT2D eigenvalue weighted by Gasteiger charge is 2.30. The molecule has 0 amide bonds. The third kappa shape index (κ3) is 2.86. The van der Waals surface area contributed by atoms with E-state index >= 15 is 0 Å². The monoisotopic (exact) mass is 267 g/mol. The third-order valence-corrected chi connectivity index (χ3v) is 4.30. The van der Waals surface area contributed by atoms with Crippen molar-refractivity contribution in [3.63, 3.8) is 0 Å². The first kappa shape index (κ1) is 13.2. The molecule has 0 atom stereocenters. The second kappa shape index (κ2) is 5.68. The first-order chi connectivity index (χ1) is 9.72. The Morgan fingerprint density at radius 3 is 2.45 bits per heavy atom. The first-order valence-electron chi connectivity index (χ1n) is 7.29. The molecule has 0 bridgehead atoms. The standard InChI is InChI=1S/C18H21NO/c1-13-4-2-3-5-18(13)15-10-16(11-15)19-12-14-6-8-17(20)9-7-14/h2-9,15-16,19-20H,10-12H2,1H3. The largest absolute Gasteiger partial charge is 0.508 e. The number of aromatic hydroxyl groups is 1. The molecule has 0 spiro atoms. The van der Waals surface area contributed by atoms with Gasteiger partial charge in [-0.3, -0.25) is 0 Å². The lowest BCUT2D eigenvalue weighted by molar-refractivity contribution is 0.289. The van der Waals surface area contributed by atoms with Crippen molar-refractivity contribution in [1.82, 2.24) is 5.32 Å². The number of aryl methyl sites for hydroxylation is 1. The Balaban J connectivity index is 1.49. The number of rotatable bonds is 4. The van der Waals surface area contributed by atoms with Crippen molar-refractivity contribution < 1.29 is 5.11 Å². The summed E-state index contributed by atoms with van der Waals surface area (Å²) < 4.78 is 0. The molecule has 0 saturated heterocycles. The van der Waals surface area contributed by atoms with Crippen LogP contribution in [-0.4, -0.2) is 11.1 Å². The van der Waals surface area contributed by atoms with Crippen LogP contribution in [0.1, 0.15) is 35.4 Å². The fraction of sp³-hybridized carbons (Fsp3) is 0.333. The lowest BCUT2D eigenvalue weighted by Gasteiger charge is -2.37. The van der Waals surface area contributed by atoms with Gasteiger partial charge in [0.2, 0.25) is 0 Å². The number of hydrogen-bond acceptors (Lipinski definition) is 2. The molecule has 0 aromatic heterocycles. The van der Waals surface area contributed by atoms with E-state index in [-0.39, 0.29) is 0 Å². The summed E-state index contributed by atoms with van der Waals surface area (Å²) in [7, 11) is 0. The van der Waals surface area contributed by atoms with Crippen molar-refractivity contribution in [1.29, 1.82) is 0 Å². The maximum absolute atomic E-state index is 9.26. The molecule has 3 rings (SSSR count). The van der Waals surface area contributed by atoms with Crippen molar-refractivity contribution in [3.05, 3.63) is 65.2 Å². The smallest absolute Gasteiger partial charge is 0.115 e. The second-order valence-corrected chi connectivity index (χ2v) is 5.77. The van der Waals surface area contributed by atoms with Gasteiger partial charge in [0.1, 0.15) is 5.75 Å². The van der Waals surface area contributed by atoms with E-state index in [9.17, 15) is 5.11 Å². The predicted octanol–water partition coefficient (Wildman–Crippen LogP) is 3.74. The molecule has 2 aromatic carbocycles. The zero-order valence-electron chi connectivity index (χ0n) is 11.8. The quantitative estimate of drug-likeness (QED) is 0.884. The third-order valence-electron chi connectivity index (χ3n) is 4.30. The topological polar surface area (TPSA) is 32.3 Å². The van der Waals surface area contributed by atoms with E-state index in [0.29, 0.717) is 17.7 Å². The molecule has 1 fully saturated rings. The van der Waals surface area contributed by atoms with Crippen LogP contribution in [0.25, 0.3) is 0 Å². The second-order valence-electron chi connectivity index (χ2n) is 5.77. The summed E-state index contributed by atoms with van der Waals surface area (Å²) in [6.07, 6.45) is 2.45. The summed E-state index contributed by atoms with van der Waals surface area (Å²) in [6.45, 7) is 3.08. The Morgan fingerprint density at radius 2 is 1.75 bits per heavy atom. The van der Waals surface area contributed by atoms with Gasteiger partial charge in [0.25, 0.3) is 0 Å². The highest BCUT2D eigenvalue weighted by molar-refractivity contribution is 5.31. The average molecular weight is 267 g/mol. The van der Waals surface area contributed by atoms with Crippen LogP contribution < -0.4 is 5.32 Å². The van der Waals surface area contributed by atoms with E-state index in [1.165, 1.54) is 29.5 Å². The van der Waals surface area contributed by atoms with Gasteiger partial charge in [-0.15, -0.1) is 0 Å². The Kier molecular flexibility index (Phi) is 3.75. The molecular weight excluding hydrogens is 246 g/mol. The van der Waals surface area contributed by atoms with Crippen LogP contribution >= 0.6 is 0 Å². The van der Waals surface area contributed by atoms with Crippen molar-refractivity contribution in [2.24, 2.45) is 0 Å². The van der Waals surface area contributed by atoms with Gasteiger partial charge in [0.05, 0.1) is 0 Å². The summed E-state index contributed by atoms with van der Waals surface area (Å²) >= 11 is 0. The number of phenols is 1. The van der Waals surface area contributed by atoms with Crippen molar-refractivity contribution in [2.75, 3.05) is 0 Å². The van der Waals surface area contributed by atoms with Gasteiger partial charge in [-0.2, -0.15) is 0 Å². The molecule has 104 valence electrons. The van der Waals surface area contributed by atoms with E-state index in [1.54, 1.807) is 12.1 Å². The normalized spacial score (nSPS) is 21.4. The summed E-state index contributed by atoms with van der Waals surface area (Å²) in [5.74, 6) is 1.05. The Labute approximate surface area is 120 Å². The van der Waals surface area contributed by atoms with Gasteiger partial charge in [0.15, 0.2) is 0 Å². The zero-order valence-corrected chi connectivity index (χ0v) is 11.8. The molecule has 2 N–H and O–H groups in total. The van der Waals surface area contributed by atoms with Crippen LogP contribution in [0.15, 0.2) is 48.5 Å². The first-order valence-corrected chi connectivity index (χ1v) is 7.29. The maximum Gasteiger partial charge on any atom is 0.115 e. The van der Waals surface area contributed by atoms with E-state index in [4.69, 9.17) is 0 Å². The molecule has 2 heteroatoms. The van der Waals surface area contributed by atoms with Crippen molar-refractivity contribution >= 4 is 0 Å². The fourth-order valence-corrected chi connectivity index (χ4v) is 2.96. The van der Waals surface area contributed by atoms with Crippen molar-refractivity contribution in [3.8, 4) is 5.75 Å². The summed E-state index contributed by atoms with van der Waals surface area (Å²) in [6, 6.07) is 16.8. The Hall–Kier alpha value is -1.80. The molecule has 1 aliphatic carbocycles. The average Bonchev–Trinajstić information content (AvgIpc) is 2.41. The van der Waals surface area contributed by atoms with Gasteiger partial charge < -0.3 is 10.4 Å². The lowest BCUT2D eigenvalue weighted by Crippen LogP contribution is -2.39. The maximum atomic E-state index is 9.26. The lowest BCUT2D eigenvalue weighted by atomic mass is 9.74. The van der Waals surface area contributed by atoms with E-state index in [2.05, 4.69) is 36.5 Å². The molecular formula is C18H21NO. The molecule has 2 aromatic rings. The van der Waals surface area contributed by atoms with Gasteiger partial charge in [-0.1, -0.05) is 36.4 Å². The van der Waals surface area contributed by atoms with Crippen LogP contribution in [0.5, 0.6) is 5.75 Å². The minimum absolute atomic E-state index is 0.331. The highest BCUT2D eigenvalue weighted by atomic mass is 16.3. The van der Waals surface area contributed by atoms with Crippen LogP contribution in [-0.2, 0) is 6.54 Å². The number of phenolic OH excluding ortho intramolecular Hbond substituents is 1. The molecule has 2 nitrogen and oxygen atoms in total. The molecule has 0 radical (unpaired) electrons. The van der Waals surface area contributed by atoms with Gasteiger partial charge in [0, 0.05) is 12.6 Å². The SMILES string of the molecule is Cc1ccccc1C1CC(NCc2ccc(O)cc2)C1. The van der Waals surface area contributed by atoms with Crippen molar-refractivity contribution in [2.45, 2.75) is 38.3 Å². The van der Waals surface area contributed by atoms with Crippen LogP contribution in [0.4, 0.5) is 0 Å². The molecule has 0 aliphatic heterocycles. The van der Waals surface area contributed by atoms with E-state index in [0.717, 1.165) is 6.54 Å². The Bertz CT molecular complexity index is 570. The molecule has 1 saturated carbocycles. The molecule has 1 aliphatic rings. The highest BCUT2D eigenvalue weighted by Crippen LogP contribution is 2.38. The minimum atomic E-state index is 0.331. The summed E-state index contributed by atoms with van der Waals surface area (Å²) in [5.41, 5.74) is 4.15. The van der Waals surface area contributed by atoms with Gasteiger partial charge >= 0.3 is 0 Å². The predicted molar refractivity (Wildman–Crippen MR) is 81.9 cm³/mol. The van der Waals surface area contributed by atoms with Gasteiger partial charge in [-0.05, 0) is 54.5 Å². The minimum Gasteiger partial charge on any atom is -0.508 e. The molecule has 20 heavy (non-hydrogen) atoms. The molecule has 0 unspecified atom stereocenters. The van der Waals surface area contributed by atoms with E-state index in [1.807, 2.05) is 12.1 Å². The Morgan fingerprint density at radius 1 is 1.05 bits per heavy atom. The summed E-state index contributed by atoms with van der Waals surface area (Å²) in [4.78, 5) is 0. The number of nitrogens with one attached hydrogen (secondary N) is 1. The number of hydrogen-bond donors (Lipinski definition) is 2. The van der Waals surface area contributed by atoms with Crippen LogP contribution in [0.2, 0.25) is 0 Å². The van der Waals surface area contributed by atoms with E-state index < -0.39 is 0 Å². The fourth-order valence-electron chi connectivity index (χ4n) is 2.96. The molecule has 0 heterocycles. The van der Waals surface area contributed by atoms with Crippen LogP contribution in [0.3, 0.4) is 0 Å². The number of benzene rings is 2. The summed E-state index contributed by atoms with van der Waals surface area (Å²) in [5, 5.41) is 12.9. The van der Waals surface area contributed by atoms with Crippen LogP contribution in [0, 0.1) is 6.92 Å². The van der Waals surface area contributed by atoms with Gasteiger partial charge in [-0.25, -0.2) is 0 Å².